The number of aromatic carboxylic acids is 1. The van der Waals surface area contributed by atoms with Gasteiger partial charge in [0, 0.05) is 66.5 Å². The maximum atomic E-state index is 14.9. The maximum absolute atomic E-state index is 14.9. The first-order valence-corrected chi connectivity index (χ1v) is 13.5. The number of hydrogen-bond donors (Lipinski definition) is 4. The van der Waals surface area contributed by atoms with E-state index >= 15 is 0 Å². The summed E-state index contributed by atoms with van der Waals surface area (Å²) in [5.41, 5.74) is 4.80. The highest BCUT2D eigenvalue weighted by molar-refractivity contribution is 6.15. The third-order valence-electron chi connectivity index (χ3n) is 7.34. The molecule has 0 aliphatic rings. The molecule has 0 radical (unpaired) electrons. The van der Waals surface area contributed by atoms with E-state index in [-0.39, 0.29) is 44.4 Å². The average molecular weight is 609 g/mol. The summed E-state index contributed by atoms with van der Waals surface area (Å²) in [6.07, 6.45) is 0.303. The van der Waals surface area contributed by atoms with E-state index < -0.39 is 41.2 Å². The molecular formula is C29H24F4N8O3. The van der Waals surface area contributed by atoms with E-state index in [2.05, 4.69) is 25.4 Å². The Balaban J connectivity index is 1.75. The van der Waals surface area contributed by atoms with E-state index in [9.17, 15) is 32.3 Å². The molecule has 0 bridgehead atoms. The summed E-state index contributed by atoms with van der Waals surface area (Å²) in [6, 6.07) is 3.93. The van der Waals surface area contributed by atoms with Gasteiger partial charge in [-0.05, 0) is 32.0 Å². The Morgan fingerprint density at radius 3 is 2.52 bits per heavy atom. The van der Waals surface area contributed by atoms with Crippen molar-refractivity contribution in [1.82, 2.24) is 29.3 Å². The molecule has 0 aliphatic heterocycles. The number of halogens is 4. The van der Waals surface area contributed by atoms with E-state index in [1.54, 1.807) is 6.92 Å². The number of alkyl halides is 3. The first-order chi connectivity index (χ1) is 21.0. The summed E-state index contributed by atoms with van der Waals surface area (Å²) >= 11 is 0. The van der Waals surface area contributed by atoms with E-state index in [0.29, 0.717) is 29.7 Å². The quantitative estimate of drug-likeness (QED) is 0.184. The van der Waals surface area contributed by atoms with Gasteiger partial charge >= 0.3 is 12.1 Å². The van der Waals surface area contributed by atoms with Crippen molar-refractivity contribution in [3.05, 3.63) is 75.8 Å². The summed E-state index contributed by atoms with van der Waals surface area (Å²) < 4.78 is 59.3. The monoisotopic (exact) mass is 608 g/mol. The number of nitrogens with zero attached hydrogens (tertiary/aromatic N) is 5. The number of H-pyrrole nitrogens is 1. The van der Waals surface area contributed by atoms with Crippen LogP contribution in [0.1, 0.15) is 35.5 Å². The summed E-state index contributed by atoms with van der Waals surface area (Å²) in [5.74, 6) is -2.02. The number of hydrogen-bond acceptors (Lipinski definition) is 7. The number of nitrogens with two attached hydrogens (primary N) is 1. The Kier molecular flexibility index (Phi) is 6.84. The van der Waals surface area contributed by atoms with Gasteiger partial charge < -0.3 is 25.7 Å². The normalized spacial score (nSPS) is 12.1. The van der Waals surface area contributed by atoms with Crippen LogP contribution in [0.25, 0.3) is 49.8 Å². The fraction of sp³-hybridized carbons (Fsp3) is 0.207. The van der Waals surface area contributed by atoms with Crippen LogP contribution in [0.2, 0.25) is 0 Å². The highest BCUT2D eigenvalue weighted by Gasteiger charge is 2.37. The van der Waals surface area contributed by atoms with Crippen LogP contribution in [0.15, 0.2) is 47.8 Å². The molecule has 0 atom stereocenters. The molecule has 0 aliphatic carbocycles. The third kappa shape index (κ3) is 4.52. The molecule has 0 fully saturated rings. The van der Waals surface area contributed by atoms with Crippen molar-refractivity contribution < 1.29 is 27.5 Å². The number of aromatic amines is 1. The zero-order chi connectivity index (χ0) is 31.5. The van der Waals surface area contributed by atoms with E-state index in [4.69, 9.17) is 5.73 Å². The van der Waals surface area contributed by atoms with Crippen LogP contribution in [-0.4, -0.2) is 46.9 Å². The van der Waals surface area contributed by atoms with Crippen molar-refractivity contribution in [2.24, 2.45) is 5.73 Å². The number of carboxylic acid groups (broad SMARTS) is 1. The minimum atomic E-state index is -4.82. The lowest BCUT2D eigenvalue weighted by Gasteiger charge is -2.14. The molecule has 6 rings (SSSR count). The van der Waals surface area contributed by atoms with Gasteiger partial charge in [-0.15, -0.1) is 0 Å². The number of aryl methyl sites for hydroxylation is 1. The lowest BCUT2D eigenvalue weighted by atomic mass is 10.0. The molecule has 44 heavy (non-hydrogen) atoms. The van der Waals surface area contributed by atoms with Crippen LogP contribution in [0.3, 0.4) is 0 Å². The highest BCUT2D eigenvalue weighted by atomic mass is 19.4. The van der Waals surface area contributed by atoms with Gasteiger partial charge in [0.25, 0.3) is 0 Å². The molecule has 11 nitrogen and oxygen atoms in total. The van der Waals surface area contributed by atoms with Crippen molar-refractivity contribution in [1.29, 1.82) is 0 Å². The standard InChI is InChI=1S/C29H24F4N8O3/c1-3-35-20-7-15(30)6-16-21-23(41-11-14(8-34)25(39-41)29(31,32)33)18(10-36-26(21)38-22(16)20)13-5-17-24(42)19(28(43)44)12-40(4-2)27(17)37-9-13/h5-7,9-12,35H,3-4,8,34H2,1-2H3,(H,36,38)(H,43,44). The van der Waals surface area contributed by atoms with Gasteiger partial charge in [0.2, 0.25) is 5.43 Å². The van der Waals surface area contributed by atoms with E-state index in [1.165, 1.54) is 41.4 Å². The number of carbonyl (C=O) groups is 1. The van der Waals surface area contributed by atoms with Crippen LogP contribution in [0.5, 0.6) is 0 Å². The first kappa shape index (κ1) is 28.8. The molecule has 5 N–H and O–H groups in total. The Morgan fingerprint density at radius 1 is 1.11 bits per heavy atom. The SMILES string of the molecule is CCNc1cc(F)cc2c1[nH]c1ncc(-c3cnc4c(c3)c(=O)c(C(=O)O)cn4CC)c(-n3cc(CN)c(C(F)(F)F)n3)c12. The minimum absolute atomic E-state index is 0.0196. The lowest BCUT2D eigenvalue weighted by Crippen LogP contribution is -2.19. The average Bonchev–Trinajstić information content (AvgIpc) is 3.59. The number of pyridine rings is 3. The third-order valence-corrected chi connectivity index (χ3v) is 7.34. The number of aromatic nitrogens is 6. The number of anilines is 1. The largest absolute Gasteiger partial charge is 0.477 e. The van der Waals surface area contributed by atoms with Crippen molar-refractivity contribution in [2.45, 2.75) is 33.1 Å². The maximum Gasteiger partial charge on any atom is 0.435 e. The predicted molar refractivity (Wildman–Crippen MR) is 155 cm³/mol. The second kappa shape index (κ2) is 10.4. The predicted octanol–water partition coefficient (Wildman–Crippen LogP) is 5.05. The highest BCUT2D eigenvalue weighted by Crippen LogP contribution is 2.40. The molecule has 0 saturated heterocycles. The molecule has 0 unspecified atom stereocenters. The Morgan fingerprint density at radius 2 is 1.89 bits per heavy atom. The topological polar surface area (TPSA) is 157 Å². The van der Waals surface area contributed by atoms with Crippen LogP contribution >= 0.6 is 0 Å². The number of benzene rings is 1. The zero-order valence-electron chi connectivity index (χ0n) is 23.3. The second-order valence-corrected chi connectivity index (χ2v) is 9.98. The molecular weight excluding hydrogens is 584 g/mol. The molecule has 5 heterocycles. The van der Waals surface area contributed by atoms with Crippen LogP contribution in [0, 0.1) is 5.82 Å². The molecule has 6 aromatic rings. The minimum Gasteiger partial charge on any atom is -0.477 e. The van der Waals surface area contributed by atoms with Gasteiger partial charge in [-0.3, -0.25) is 4.79 Å². The Labute approximate surface area is 244 Å². The van der Waals surface area contributed by atoms with Crippen LogP contribution < -0.4 is 16.5 Å². The van der Waals surface area contributed by atoms with Gasteiger partial charge in [0.15, 0.2) is 5.69 Å². The fourth-order valence-electron chi connectivity index (χ4n) is 5.41. The van der Waals surface area contributed by atoms with Gasteiger partial charge in [0.1, 0.15) is 22.7 Å². The van der Waals surface area contributed by atoms with Crippen molar-refractivity contribution in [2.75, 3.05) is 11.9 Å². The molecule has 0 amide bonds. The van der Waals surface area contributed by atoms with Gasteiger partial charge in [-0.2, -0.15) is 18.3 Å². The Hall–Kier alpha value is -5.31. The Bertz CT molecular complexity index is 2180. The second-order valence-electron chi connectivity index (χ2n) is 9.98. The molecule has 226 valence electrons. The van der Waals surface area contributed by atoms with Crippen LogP contribution in [0.4, 0.5) is 23.2 Å². The summed E-state index contributed by atoms with van der Waals surface area (Å²) in [5, 5.41) is 17.1. The van der Waals surface area contributed by atoms with Crippen molar-refractivity contribution in [3.63, 3.8) is 0 Å². The number of rotatable bonds is 7. The summed E-state index contributed by atoms with van der Waals surface area (Å²) in [6.45, 7) is 3.89. The van der Waals surface area contributed by atoms with E-state index in [1.807, 2.05) is 6.92 Å². The van der Waals surface area contributed by atoms with Crippen LogP contribution in [-0.2, 0) is 19.3 Å². The van der Waals surface area contributed by atoms with Gasteiger partial charge in [-0.25, -0.2) is 23.8 Å². The molecule has 0 saturated carbocycles. The van der Waals surface area contributed by atoms with Gasteiger partial charge in [0.05, 0.1) is 27.7 Å². The van der Waals surface area contributed by atoms with Gasteiger partial charge in [-0.1, -0.05) is 0 Å². The first-order valence-electron chi connectivity index (χ1n) is 13.5. The number of carboxylic acids is 1. The lowest BCUT2D eigenvalue weighted by molar-refractivity contribution is -0.141. The molecule has 5 aromatic heterocycles. The molecule has 1 aromatic carbocycles. The zero-order valence-corrected chi connectivity index (χ0v) is 23.3. The van der Waals surface area contributed by atoms with E-state index in [0.717, 1.165) is 10.9 Å². The number of fused-ring (bicyclic) bond motifs is 4. The van der Waals surface area contributed by atoms with Crippen molar-refractivity contribution in [3.8, 4) is 16.8 Å². The summed E-state index contributed by atoms with van der Waals surface area (Å²) in [4.78, 5) is 37.1. The fourth-order valence-corrected chi connectivity index (χ4v) is 5.41. The molecule has 0 spiro atoms. The smallest absolute Gasteiger partial charge is 0.435 e. The summed E-state index contributed by atoms with van der Waals surface area (Å²) in [7, 11) is 0. The molecule has 15 heteroatoms. The number of nitrogens with one attached hydrogen (secondary N) is 2. The van der Waals surface area contributed by atoms with Crippen molar-refractivity contribution >= 4 is 44.6 Å².